The van der Waals surface area contributed by atoms with Crippen LogP contribution in [0, 0.1) is 12.8 Å². The highest BCUT2D eigenvalue weighted by atomic mass is 16.5. The molecule has 1 aliphatic carbocycles. The Bertz CT molecular complexity index is 989. The molecule has 1 atom stereocenters. The van der Waals surface area contributed by atoms with Crippen molar-refractivity contribution in [3.05, 3.63) is 23.8 Å². The number of oxazole rings is 1. The third-order valence-corrected chi connectivity index (χ3v) is 4.54. The van der Waals surface area contributed by atoms with Gasteiger partial charge in [-0.1, -0.05) is 0 Å². The molecule has 1 saturated carbocycles. The molecule has 28 heavy (non-hydrogen) atoms. The molecule has 0 bridgehead atoms. The predicted molar refractivity (Wildman–Crippen MR) is 101 cm³/mol. The number of hydrogen-bond acceptors (Lipinski definition) is 7. The second-order valence-corrected chi connectivity index (χ2v) is 7.26. The normalized spacial score (nSPS) is 14.8. The van der Waals surface area contributed by atoms with Crippen molar-refractivity contribution in [3.63, 3.8) is 0 Å². The van der Waals surface area contributed by atoms with Gasteiger partial charge in [-0.2, -0.15) is 0 Å². The van der Waals surface area contributed by atoms with Crippen LogP contribution in [0.15, 0.2) is 27.1 Å². The summed E-state index contributed by atoms with van der Waals surface area (Å²) in [6.07, 6.45) is 2.49. The van der Waals surface area contributed by atoms with Crippen LogP contribution < -0.4 is 14.8 Å². The molecular weight excluding hydrogens is 362 g/mol. The minimum Gasteiger partial charge on any atom is -0.493 e. The van der Waals surface area contributed by atoms with Crippen LogP contribution in [-0.2, 0) is 4.79 Å². The SMILES string of the molecule is CC(=O)NC(C)COc1noc(-c2nc3cc(OCC4CC4)ccc3o2)c1C. The van der Waals surface area contributed by atoms with Crippen molar-refractivity contribution in [1.29, 1.82) is 0 Å². The van der Waals surface area contributed by atoms with Crippen LogP contribution in [-0.4, -0.2) is 35.3 Å². The van der Waals surface area contributed by atoms with Gasteiger partial charge in [-0.25, -0.2) is 4.98 Å². The van der Waals surface area contributed by atoms with E-state index in [4.69, 9.17) is 18.4 Å². The Kier molecular flexibility index (Phi) is 4.93. The quantitative estimate of drug-likeness (QED) is 0.633. The Balaban J connectivity index is 1.48. The van der Waals surface area contributed by atoms with Crippen molar-refractivity contribution in [2.24, 2.45) is 5.92 Å². The van der Waals surface area contributed by atoms with Gasteiger partial charge < -0.3 is 23.7 Å². The smallest absolute Gasteiger partial charge is 0.267 e. The van der Waals surface area contributed by atoms with E-state index in [-0.39, 0.29) is 18.6 Å². The van der Waals surface area contributed by atoms with Gasteiger partial charge in [-0.3, -0.25) is 4.79 Å². The molecule has 0 saturated heterocycles. The Labute approximate surface area is 162 Å². The van der Waals surface area contributed by atoms with Crippen LogP contribution in [0.1, 0.15) is 32.3 Å². The number of carbonyl (C=O) groups is 1. The number of hydrogen-bond donors (Lipinski definition) is 1. The van der Waals surface area contributed by atoms with Gasteiger partial charge in [-0.05, 0) is 49.9 Å². The molecule has 2 aromatic heterocycles. The lowest BCUT2D eigenvalue weighted by atomic mass is 10.3. The molecule has 148 valence electrons. The third-order valence-electron chi connectivity index (χ3n) is 4.54. The first kappa shape index (κ1) is 18.3. The summed E-state index contributed by atoms with van der Waals surface area (Å²) in [5, 5.41) is 6.70. The number of amides is 1. The fraction of sp³-hybridized carbons (Fsp3) is 0.450. The molecule has 1 aromatic carbocycles. The molecule has 0 radical (unpaired) electrons. The van der Waals surface area contributed by atoms with E-state index in [1.54, 1.807) is 0 Å². The molecule has 8 heteroatoms. The molecule has 4 rings (SSSR count). The van der Waals surface area contributed by atoms with Gasteiger partial charge in [0.1, 0.15) is 17.9 Å². The number of nitrogens with zero attached hydrogens (tertiary/aromatic N) is 2. The van der Waals surface area contributed by atoms with E-state index in [2.05, 4.69) is 15.5 Å². The van der Waals surface area contributed by atoms with Crippen LogP contribution in [0.5, 0.6) is 11.6 Å². The van der Waals surface area contributed by atoms with E-state index >= 15 is 0 Å². The number of rotatable bonds is 8. The number of carbonyl (C=O) groups excluding carboxylic acids is 1. The van der Waals surface area contributed by atoms with Crippen LogP contribution in [0.3, 0.4) is 0 Å². The molecule has 2 heterocycles. The number of fused-ring (bicyclic) bond motifs is 1. The van der Waals surface area contributed by atoms with Gasteiger partial charge in [0, 0.05) is 13.0 Å². The summed E-state index contributed by atoms with van der Waals surface area (Å²) in [6, 6.07) is 5.44. The Hall–Kier alpha value is -3.03. The minimum atomic E-state index is -0.143. The average Bonchev–Trinajstić information content (AvgIpc) is 3.27. The fourth-order valence-corrected chi connectivity index (χ4v) is 2.84. The maximum atomic E-state index is 11.1. The van der Waals surface area contributed by atoms with Crippen molar-refractivity contribution in [3.8, 4) is 23.3 Å². The second kappa shape index (κ2) is 7.53. The van der Waals surface area contributed by atoms with Gasteiger partial charge in [-0.15, -0.1) is 0 Å². The topological polar surface area (TPSA) is 99.6 Å². The van der Waals surface area contributed by atoms with Crippen molar-refractivity contribution < 1.29 is 23.2 Å². The molecule has 0 spiro atoms. The summed E-state index contributed by atoms with van der Waals surface area (Å²) in [5.41, 5.74) is 2.03. The zero-order valence-electron chi connectivity index (χ0n) is 16.2. The number of ether oxygens (including phenoxy) is 2. The largest absolute Gasteiger partial charge is 0.493 e. The predicted octanol–water partition coefficient (Wildman–Crippen LogP) is 3.48. The minimum absolute atomic E-state index is 0.111. The van der Waals surface area contributed by atoms with E-state index in [9.17, 15) is 4.79 Å². The summed E-state index contributed by atoms with van der Waals surface area (Å²) >= 11 is 0. The maximum Gasteiger partial charge on any atom is 0.267 e. The van der Waals surface area contributed by atoms with Crippen molar-refractivity contribution in [1.82, 2.24) is 15.5 Å². The zero-order valence-corrected chi connectivity index (χ0v) is 16.2. The average molecular weight is 385 g/mol. The standard InChI is InChI=1S/C20H23N3O5/c1-11(21-13(3)24)9-26-19-12(2)18(28-23-19)20-22-16-8-15(6-7-17(16)27-20)25-10-14-4-5-14/h6-8,11,14H,4-5,9-10H2,1-3H3,(H,21,24). The molecule has 1 amide bonds. The van der Waals surface area contributed by atoms with Crippen molar-refractivity contribution >= 4 is 17.0 Å². The summed E-state index contributed by atoms with van der Waals surface area (Å²) in [7, 11) is 0. The molecule has 1 aliphatic rings. The zero-order chi connectivity index (χ0) is 19.7. The second-order valence-electron chi connectivity index (χ2n) is 7.26. The van der Waals surface area contributed by atoms with Gasteiger partial charge in [0.25, 0.3) is 11.8 Å². The molecule has 8 nitrogen and oxygen atoms in total. The summed E-state index contributed by atoms with van der Waals surface area (Å²) in [5.74, 6) is 2.46. The number of benzene rings is 1. The fourth-order valence-electron chi connectivity index (χ4n) is 2.84. The highest BCUT2D eigenvalue weighted by Crippen LogP contribution is 2.33. The monoisotopic (exact) mass is 385 g/mol. The maximum absolute atomic E-state index is 11.1. The lowest BCUT2D eigenvalue weighted by Gasteiger charge is -2.12. The van der Waals surface area contributed by atoms with E-state index in [0.717, 1.165) is 12.4 Å². The first-order valence-corrected chi connectivity index (χ1v) is 9.39. The van der Waals surface area contributed by atoms with Crippen molar-refractivity contribution in [2.45, 2.75) is 39.7 Å². The van der Waals surface area contributed by atoms with Gasteiger partial charge in [0.2, 0.25) is 11.7 Å². The van der Waals surface area contributed by atoms with E-state index in [1.165, 1.54) is 19.8 Å². The molecular formula is C20H23N3O5. The first-order valence-electron chi connectivity index (χ1n) is 9.39. The Morgan fingerprint density at radius 3 is 2.93 bits per heavy atom. The molecule has 0 aliphatic heterocycles. The number of nitrogens with one attached hydrogen (secondary N) is 1. The highest BCUT2D eigenvalue weighted by molar-refractivity contribution is 5.77. The molecule has 1 N–H and O–H groups in total. The van der Waals surface area contributed by atoms with Gasteiger partial charge in [0.05, 0.1) is 18.2 Å². The summed E-state index contributed by atoms with van der Waals surface area (Å²) in [4.78, 5) is 15.6. The summed E-state index contributed by atoms with van der Waals surface area (Å²) < 4.78 is 22.6. The Morgan fingerprint density at radius 1 is 1.36 bits per heavy atom. The Morgan fingerprint density at radius 2 is 2.18 bits per heavy atom. The first-order chi connectivity index (χ1) is 13.5. The van der Waals surface area contributed by atoms with E-state index < -0.39 is 0 Å². The molecule has 1 unspecified atom stereocenters. The third kappa shape index (κ3) is 4.11. The number of aromatic nitrogens is 2. The summed E-state index contributed by atoms with van der Waals surface area (Å²) in [6.45, 7) is 6.16. The van der Waals surface area contributed by atoms with Crippen LogP contribution in [0.2, 0.25) is 0 Å². The molecule has 3 aromatic rings. The van der Waals surface area contributed by atoms with Crippen LogP contribution in [0.25, 0.3) is 22.8 Å². The van der Waals surface area contributed by atoms with Gasteiger partial charge in [0.15, 0.2) is 5.58 Å². The van der Waals surface area contributed by atoms with Gasteiger partial charge >= 0.3 is 0 Å². The van der Waals surface area contributed by atoms with Crippen LogP contribution >= 0.6 is 0 Å². The van der Waals surface area contributed by atoms with E-state index in [1.807, 2.05) is 32.0 Å². The highest BCUT2D eigenvalue weighted by Gasteiger charge is 2.23. The van der Waals surface area contributed by atoms with E-state index in [0.29, 0.717) is 40.1 Å². The molecule has 1 fully saturated rings. The lowest BCUT2D eigenvalue weighted by Crippen LogP contribution is -2.35. The lowest BCUT2D eigenvalue weighted by molar-refractivity contribution is -0.119. The van der Waals surface area contributed by atoms with Crippen molar-refractivity contribution in [2.75, 3.05) is 13.2 Å². The van der Waals surface area contributed by atoms with Crippen LogP contribution in [0.4, 0.5) is 0 Å².